The number of aliphatic hydroxyl groups excluding tert-OH is 8. The molecule has 0 aliphatic rings. The minimum atomic E-state index is -0.533. The van der Waals surface area contributed by atoms with Crippen LogP contribution in [0, 0.1) is 0 Å². The summed E-state index contributed by atoms with van der Waals surface area (Å²) < 4.78 is 0. The summed E-state index contributed by atoms with van der Waals surface area (Å²) >= 11 is 0. The van der Waals surface area contributed by atoms with Crippen LogP contribution < -0.4 is 15.5 Å². The highest BCUT2D eigenvalue weighted by Crippen LogP contribution is 2.18. The minimum absolute atomic E-state index is 0.223. The molecule has 10 N–H and O–H groups in total. The van der Waals surface area contributed by atoms with Crippen LogP contribution in [0.25, 0.3) is 0 Å². The Labute approximate surface area is 164 Å². The molecule has 0 aromatic carbocycles. The van der Waals surface area contributed by atoms with Gasteiger partial charge in [0.05, 0.1) is 26.2 Å². The molecule has 0 fully saturated rings. The van der Waals surface area contributed by atoms with Gasteiger partial charge in [-0.2, -0.15) is 15.0 Å². The Bertz CT molecular complexity index is 708. The van der Waals surface area contributed by atoms with E-state index in [4.69, 9.17) is 26.2 Å². The van der Waals surface area contributed by atoms with Crippen LogP contribution in [0.5, 0.6) is 0 Å². The normalized spacial score (nSPS) is 13.4. The summed E-state index contributed by atoms with van der Waals surface area (Å²) in [6.45, 7) is -1.61. The zero-order valence-corrected chi connectivity index (χ0v) is 15.0. The van der Waals surface area contributed by atoms with Crippen LogP contribution in [0.4, 0.5) is 17.8 Å². The molecule has 0 bridgehead atoms. The smallest absolute Gasteiger partial charge is 0.232 e. The Morgan fingerprint density at radius 3 is 1.14 bits per heavy atom. The largest absolute Gasteiger partial charge is 0.512 e. The average Bonchev–Trinajstić information content (AvgIpc) is 2.71. The Balaban J connectivity index is 3.40. The van der Waals surface area contributed by atoms with Crippen LogP contribution in [0.3, 0.4) is 0 Å². The second-order valence-corrected chi connectivity index (χ2v) is 5.49. The first-order valence-electron chi connectivity index (χ1n) is 7.84. The van der Waals surface area contributed by atoms with Crippen molar-refractivity contribution in [2.24, 2.45) is 0 Å². The van der Waals surface area contributed by atoms with Gasteiger partial charge in [0.1, 0.15) is 48.1 Å². The van der Waals surface area contributed by atoms with E-state index in [1.165, 1.54) is 0 Å². The molecule has 1 heterocycles. The third-order valence-electron chi connectivity index (χ3n) is 3.20. The van der Waals surface area contributed by atoms with Crippen molar-refractivity contribution in [3.05, 3.63) is 48.1 Å². The second-order valence-electron chi connectivity index (χ2n) is 5.49. The van der Waals surface area contributed by atoms with Gasteiger partial charge in [-0.15, -0.1) is 0 Å². The predicted molar refractivity (Wildman–Crippen MR) is 102 cm³/mol. The molecule has 0 unspecified atom stereocenters. The van der Waals surface area contributed by atoms with Gasteiger partial charge in [0, 0.05) is 0 Å². The van der Waals surface area contributed by atoms with Crippen LogP contribution in [-0.2, 0) is 0 Å². The van der Waals surface area contributed by atoms with Crippen LogP contribution >= 0.6 is 0 Å². The van der Waals surface area contributed by atoms with E-state index in [0.29, 0.717) is 25.0 Å². The van der Waals surface area contributed by atoms with Gasteiger partial charge in [-0.05, 0) is 0 Å². The topological polar surface area (TPSA) is 233 Å². The van der Waals surface area contributed by atoms with Gasteiger partial charge in [-0.1, -0.05) is 0 Å². The first-order valence-corrected chi connectivity index (χ1v) is 7.84. The Kier molecular flexibility index (Phi) is 8.50. The van der Waals surface area contributed by atoms with Crippen molar-refractivity contribution in [3.63, 3.8) is 0 Å². The highest BCUT2D eigenvalue weighted by molar-refractivity contribution is 5.46. The van der Waals surface area contributed by atoms with Crippen molar-refractivity contribution < 1.29 is 40.9 Å². The summed E-state index contributed by atoms with van der Waals surface area (Å²) in [5.41, 5.74) is 5.67. The maximum atomic E-state index is 9.58. The van der Waals surface area contributed by atoms with Crippen molar-refractivity contribution in [3.8, 4) is 0 Å². The molecule has 0 spiro atoms. The monoisotopic (exact) mass is 414 g/mol. The number of nitrogens with two attached hydrogens (primary N) is 1. The first kappa shape index (κ1) is 22.8. The lowest BCUT2D eigenvalue weighted by Gasteiger charge is -2.25. The van der Waals surface area contributed by atoms with E-state index in [-0.39, 0.29) is 17.8 Å². The minimum Gasteiger partial charge on any atom is -0.512 e. The number of hydrogen-bond donors (Lipinski definition) is 9. The van der Waals surface area contributed by atoms with E-state index in [2.05, 4.69) is 15.0 Å². The van der Waals surface area contributed by atoms with E-state index in [1.54, 1.807) is 0 Å². The molecule has 0 amide bonds. The molecule has 29 heavy (non-hydrogen) atoms. The van der Waals surface area contributed by atoms with Crippen molar-refractivity contribution in [2.45, 2.75) is 0 Å². The molecular formula is C15H22N6O8. The number of anilines is 3. The van der Waals surface area contributed by atoms with Gasteiger partial charge in [0.2, 0.25) is 17.8 Å². The zero-order chi connectivity index (χ0) is 22.0. The van der Waals surface area contributed by atoms with Gasteiger partial charge in [0.25, 0.3) is 0 Å². The summed E-state index contributed by atoms with van der Waals surface area (Å²) in [6, 6.07) is 0. The molecule has 1 aromatic heterocycles. The average molecular weight is 414 g/mol. The molecule has 0 atom stereocenters. The first-order chi connectivity index (χ1) is 13.7. The lowest BCUT2D eigenvalue weighted by molar-refractivity contribution is 0.336. The van der Waals surface area contributed by atoms with E-state index in [0.717, 1.165) is 9.80 Å². The SMILES string of the molecule is Nc1nc(N(CC(O)=CO)CC(O)=CO)nc(N(CC(O)=CO)CC(O)=CO)n1. The summed E-state index contributed by atoms with van der Waals surface area (Å²) in [7, 11) is 0. The molecule has 1 rings (SSSR count). The summed E-state index contributed by atoms with van der Waals surface area (Å²) in [6.07, 6.45) is 1.61. The molecular weight excluding hydrogens is 392 g/mol. The molecule has 0 aliphatic carbocycles. The maximum Gasteiger partial charge on any atom is 0.232 e. The van der Waals surface area contributed by atoms with Gasteiger partial charge in [0.15, 0.2) is 0 Å². The molecule has 1 aromatic rings. The third-order valence-corrected chi connectivity index (χ3v) is 3.20. The van der Waals surface area contributed by atoms with Gasteiger partial charge >= 0.3 is 0 Å². The summed E-state index contributed by atoms with van der Waals surface area (Å²) in [4.78, 5) is 14.0. The fourth-order valence-electron chi connectivity index (χ4n) is 1.99. The third kappa shape index (κ3) is 7.12. The lowest BCUT2D eigenvalue weighted by atomic mass is 10.4. The van der Waals surface area contributed by atoms with E-state index < -0.39 is 49.2 Å². The van der Waals surface area contributed by atoms with Crippen molar-refractivity contribution in [2.75, 3.05) is 41.7 Å². The highest BCUT2D eigenvalue weighted by atomic mass is 16.3. The van der Waals surface area contributed by atoms with E-state index >= 15 is 0 Å². The number of aliphatic hydroxyl groups is 8. The fraction of sp³-hybridized carbons (Fsp3) is 0.267. The Hall–Kier alpha value is -4.23. The molecule has 0 saturated carbocycles. The van der Waals surface area contributed by atoms with Crippen LogP contribution in [0.2, 0.25) is 0 Å². The molecule has 0 aliphatic heterocycles. The van der Waals surface area contributed by atoms with Crippen LogP contribution in [0.1, 0.15) is 0 Å². The molecule has 14 heteroatoms. The van der Waals surface area contributed by atoms with Crippen molar-refractivity contribution in [1.29, 1.82) is 0 Å². The Morgan fingerprint density at radius 2 is 0.897 bits per heavy atom. The molecule has 160 valence electrons. The molecule has 0 radical (unpaired) electrons. The molecule has 14 nitrogen and oxygen atoms in total. The van der Waals surface area contributed by atoms with Crippen LogP contribution in [0.15, 0.2) is 48.1 Å². The number of hydrogen-bond acceptors (Lipinski definition) is 14. The fourth-order valence-corrected chi connectivity index (χ4v) is 1.99. The number of nitrogens with zero attached hydrogens (tertiary/aromatic N) is 5. The van der Waals surface area contributed by atoms with Gasteiger partial charge in [-0.25, -0.2) is 0 Å². The number of rotatable bonds is 10. The van der Waals surface area contributed by atoms with Gasteiger partial charge < -0.3 is 56.4 Å². The zero-order valence-electron chi connectivity index (χ0n) is 15.0. The second kappa shape index (κ2) is 10.8. The van der Waals surface area contributed by atoms with Crippen molar-refractivity contribution >= 4 is 17.8 Å². The Morgan fingerprint density at radius 1 is 0.621 bits per heavy atom. The van der Waals surface area contributed by atoms with E-state index in [1.807, 2.05) is 0 Å². The standard InChI is InChI=1S/C15H22N6O8/c16-13-17-14(20(1-9(26)5-22)2-10(27)6-23)19-15(18-13)21(3-11(28)7-24)4-12(29)8-25/h5-8,22-29H,1-4H2,(H2,16,17,18,19). The van der Waals surface area contributed by atoms with Crippen molar-refractivity contribution in [1.82, 2.24) is 15.0 Å². The highest BCUT2D eigenvalue weighted by Gasteiger charge is 2.20. The predicted octanol–water partition coefficient (Wildman–Crippen LogP) is 0.896. The maximum absolute atomic E-state index is 9.58. The summed E-state index contributed by atoms with van der Waals surface area (Å²) in [5, 5.41) is 73.9. The van der Waals surface area contributed by atoms with E-state index in [9.17, 15) is 20.4 Å². The quantitative estimate of drug-likeness (QED) is 0.242. The lowest BCUT2D eigenvalue weighted by Crippen LogP contribution is -2.33. The van der Waals surface area contributed by atoms with Crippen LogP contribution in [-0.4, -0.2) is 82.0 Å². The number of aromatic nitrogens is 3. The number of nitrogen functional groups attached to an aromatic ring is 1. The summed E-state index contributed by atoms with van der Waals surface area (Å²) in [5.74, 6) is -2.91. The molecule has 0 saturated heterocycles. The van der Waals surface area contributed by atoms with Gasteiger partial charge in [-0.3, -0.25) is 0 Å².